The Hall–Kier alpha value is -0.610. The van der Waals surface area contributed by atoms with Crippen molar-refractivity contribution >= 4 is 11.8 Å². The molecule has 1 aliphatic rings. The van der Waals surface area contributed by atoms with Crippen molar-refractivity contribution in [2.24, 2.45) is 11.8 Å². The molecular weight excluding hydrogens is 254 g/mol. The average molecular weight is 279 g/mol. The SMILES string of the molecule is CCCNC1CC(C)CC(C)C1Sc1ccncn1. The minimum atomic E-state index is 0.610. The minimum absolute atomic E-state index is 0.610. The van der Waals surface area contributed by atoms with Gasteiger partial charge in [0.15, 0.2) is 0 Å². The summed E-state index contributed by atoms with van der Waals surface area (Å²) in [5.41, 5.74) is 0. The molecule has 2 rings (SSSR count). The van der Waals surface area contributed by atoms with Crippen LogP contribution in [0.4, 0.5) is 0 Å². The van der Waals surface area contributed by atoms with Crippen LogP contribution in [0.2, 0.25) is 0 Å². The standard InChI is InChI=1S/C15H25N3S/c1-4-6-17-13-9-11(2)8-12(3)15(13)19-14-5-7-16-10-18-14/h5,7,10-13,15,17H,4,6,8-9H2,1-3H3. The largest absolute Gasteiger partial charge is 0.313 e. The molecular formula is C15H25N3S. The van der Waals surface area contributed by atoms with Crippen molar-refractivity contribution in [3.05, 3.63) is 18.6 Å². The van der Waals surface area contributed by atoms with Gasteiger partial charge in [-0.3, -0.25) is 0 Å². The van der Waals surface area contributed by atoms with E-state index in [0.717, 1.165) is 23.4 Å². The molecule has 3 nitrogen and oxygen atoms in total. The molecule has 4 unspecified atom stereocenters. The van der Waals surface area contributed by atoms with Crippen molar-refractivity contribution in [1.82, 2.24) is 15.3 Å². The van der Waals surface area contributed by atoms with E-state index in [1.54, 1.807) is 6.33 Å². The van der Waals surface area contributed by atoms with Gasteiger partial charge in [0.05, 0.1) is 5.03 Å². The van der Waals surface area contributed by atoms with E-state index in [1.807, 2.05) is 24.0 Å². The quantitative estimate of drug-likeness (QED) is 0.839. The van der Waals surface area contributed by atoms with E-state index >= 15 is 0 Å². The first kappa shape index (κ1) is 14.8. The van der Waals surface area contributed by atoms with Crippen LogP contribution in [0.15, 0.2) is 23.6 Å². The number of thioether (sulfide) groups is 1. The van der Waals surface area contributed by atoms with Gasteiger partial charge in [0.1, 0.15) is 6.33 Å². The minimum Gasteiger partial charge on any atom is -0.313 e. The summed E-state index contributed by atoms with van der Waals surface area (Å²) in [5.74, 6) is 1.56. The number of nitrogens with zero attached hydrogens (tertiary/aromatic N) is 2. The zero-order valence-corrected chi connectivity index (χ0v) is 13.0. The van der Waals surface area contributed by atoms with Crippen molar-refractivity contribution in [1.29, 1.82) is 0 Å². The van der Waals surface area contributed by atoms with Gasteiger partial charge in [-0.25, -0.2) is 9.97 Å². The van der Waals surface area contributed by atoms with Crippen LogP contribution in [0, 0.1) is 11.8 Å². The summed E-state index contributed by atoms with van der Waals surface area (Å²) in [6, 6.07) is 2.63. The molecule has 0 saturated heterocycles. The summed E-state index contributed by atoms with van der Waals surface area (Å²) in [7, 11) is 0. The summed E-state index contributed by atoms with van der Waals surface area (Å²) in [6.45, 7) is 8.11. The molecule has 1 N–H and O–H groups in total. The molecule has 0 aliphatic heterocycles. The first-order chi connectivity index (χ1) is 9.20. The molecule has 1 aromatic rings. The Morgan fingerprint density at radius 3 is 2.89 bits per heavy atom. The van der Waals surface area contributed by atoms with Crippen LogP contribution in [0.25, 0.3) is 0 Å². The Morgan fingerprint density at radius 1 is 1.37 bits per heavy atom. The molecule has 1 saturated carbocycles. The number of hydrogen-bond donors (Lipinski definition) is 1. The highest BCUT2D eigenvalue weighted by atomic mass is 32.2. The van der Waals surface area contributed by atoms with Crippen LogP contribution in [0.5, 0.6) is 0 Å². The molecule has 4 heteroatoms. The van der Waals surface area contributed by atoms with E-state index in [2.05, 4.69) is 36.1 Å². The highest BCUT2D eigenvalue weighted by Crippen LogP contribution is 2.38. The van der Waals surface area contributed by atoms with Gasteiger partial charge in [-0.15, -0.1) is 11.8 Å². The number of rotatable bonds is 5. The second kappa shape index (κ2) is 7.25. The van der Waals surface area contributed by atoms with Crippen LogP contribution >= 0.6 is 11.8 Å². The van der Waals surface area contributed by atoms with Crippen LogP contribution in [-0.4, -0.2) is 27.8 Å². The zero-order chi connectivity index (χ0) is 13.7. The fourth-order valence-corrected chi connectivity index (χ4v) is 4.29. The predicted octanol–water partition coefficient (Wildman–Crippen LogP) is 3.37. The fraction of sp³-hybridized carbons (Fsp3) is 0.733. The lowest BCUT2D eigenvalue weighted by Crippen LogP contribution is -2.46. The van der Waals surface area contributed by atoms with E-state index in [4.69, 9.17) is 0 Å². The zero-order valence-electron chi connectivity index (χ0n) is 12.2. The van der Waals surface area contributed by atoms with Crippen LogP contribution in [0.3, 0.4) is 0 Å². The molecule has 19 heavy (non-hydrogen) atoms. The summed E-state index contributed by atoms with van der Waals surface area (Å²) >= 11 is 1.92. The average Bonchev–Trinajstić information content (AvgIpc) is 2.41. The highest BCUT2D eigenvalue weighted by Gasteiger charge is 2.34. The van der Waals surface area contributed by atoms with Crippen LogP contribution < -0.4 is 5.32 Å². The van der Waals surface area contributed by atoms with Gasteiger partial charge in [-0.05, 0) is 43.7 Å². The Kier molecular flexibility index (Phi) is 5.64. The Bertz CT molecular complexity index is 371. The highest BCUT2D eigenvalue weighted by molar-refractivity contribution is 7.99. The lowest BCUT2D eigenvalue weighted by molar-refractivity contribution is 0.249. The lowest BCUT2D eigenvalue weighted by Gasteiger charge is -2.39. The topological polar surface area (TPSA) is 37.8 Å². The smallest absolute Gasteiger partial charge is 0.116 e. The van der Waals surface area contributed by atoms with Gasteiger partial charge in [0, 0.05) is 17.5 Å². The maximum atomic E-state index is 4.37. The Balaban J connectivity index is 2.04. The van der Waals surface area contributed by atoms with Crippen molar-refractivity contribution in [3.63, 3.8) is 0 Å². The number of nitrogens with one attached hydrogen (secondary N) is 1. The van der Waals surface area contributed by atoms with Gasteiger partial charge >= 0.3 is 0 Å². The molecule has 1 fully saturated rings. The normalized spacial score (nSPS) is 31.3. The molecule has 0 spiro atoms. The maximum Gasteiger partial charge on any atom is 0.116 e. The van der Waals surface area contributed by atoms with E-state index in [9.17, 15) is 0 Å². The third-order valence-electron chi connectivity index (χ3n) is 3.86. The van der Waals surface area contributed by atoms with Crippen LogP contribution in [-0.2, 0) is 0 Å². The molecule has 4 atom stereocenters. The first-order valence-electron chi connectivity index (χ1n) is 7.36. The van der Waals surface area contributed by atoms with E-state index < -0.39 is 0 Å². The van der Waals surface area contributed by atoms with Gasteiger partial charge < -0.3 is 5.32 Å². The molecule has 1 aromatic heterocycles. The number of aromatic nitrogens is 2. The van der Waals surface area contributed by atoms with Gasteiger partial charge in [0.2, 0.25) is 0 Å². The molecule has 106 valence electrons. The monoisotopic (exact) mass is 279 g/mol. The molecule has 1 aliphatic carbocycles. The molecule has 0 radical (unpaired) electrons. The van der Waals surface area contributed by atoms with Crippen molar-refractivity contribution in [2.75, 3.05) is 6.54 Å². The second-order valence-electron chi connectivity index (χ2n) is 5.74. The lowest BCUT2D eigenvalue weighted by atomic mass is 9.80. The van der Waals surface area contributed by atoms with E-state index in [1.165, 1.54) is 19.3 Å². The molecule has 1 heterocycles. The summed E-state index contributed by atoms with van der Waals surface area (Å²) in [6.07, 6.45) is 7.29. The molecule has 0 amide bonds. The van der Waals surface area contributed by atoms with E-state index in [-0.39, 0.29) is 0 Å². The third kappa shape index (κ3) is 4.18. The predicted molar refractivity (Wildman–Crippen MR) is 81.3 cm³/mol. The van der Waals surface area contributed by atoms with Crippen molar-refractivity contribution in [2.45, 2.75) is 56.4 Å². The Morgan fingerprint density at radius 2 is 2.21 bits per heavy atom. The van der Waals surface area contributed by atoms with Crippen molar-refractivity contribution in [3.8, 4) is 0 Å². The number of hydrogen-bond acceptors (Lipinski definition) is 4. The first-order valence-corrected chi connectivity index (χ1v) is 8.24. The second-order valence-corrected chi connectivity index (χ2v) is 6.94. The van der Waals surface area contributed by atoms with Crippen LogP contribution in [0.1, 0.15) is 40.0 Å². The third-order valence-corrected chi connectivity index (χ3v) is 5.40. The Labute approximate surface area is 121 Å². The summed E-state index contributed by atoms with van der Waals surface area (Å²) in [5, 5.41) is 5.46. The summed E-state index contributed by atoms with van der Waals surface area (Å²) in [4.78, 5) is 8.36. The summed E-state index contributed by atoms with van der Waals surface area (Å²) < 4.78 is 0. The maximum absolute atomic E-state index is 4.37. The van der Waals surface area contributed by atoms with Gasteiger partial charge in [0.25, 0.3) is 0 Å². The fourth-order valence-electron chi connectivity index (χ4n) is 3.04. The van der Waals surface area contributed by atoms with E-state index in [0.29, 0.717) is 11.3 Å². The van der Waals surface area contributed by atoms with Gasteiger partial charge in [-0.1, -0.05) is 20.8 Å². The van der Waals surface area contributed by atoms with Crippen molar-refractivity contribution < 1.29 is 0 Å². The molecule has 0 aromatic carbocycles. The van der Waals surface area contributed by atoms with Gasteiger partial charge in [-0.2, -0.15) is 0 Å². The molecule has 0 bridgehead atoms.